The predicted molar refractivity (Wildman–Crippen MR) is 85.0 cm³/mol. The van der Waals surface area contributed by atoms with Gasteiger partial charge in [0, 0.05) is 23.8 Å². The second-order valence-electron chi connectivity index (χ2n) is 5.14. The van der Waals surface area contributed by atoms with Gasteiger partial charge in [-0.25, -0.2) is 0 Å². The van der Waals surface area contributed by atoms with E-state index in [1.807, 2.05) is 12.3 Å². The van der Waals surface area contributed by atoms with Crippen LogP contribution in [0, 0.1) is 13.8 Å². The van der Waals surface area contributed by atoms with Crippen LogP contribution in [-0.2, 0) is 6.54 Å². The zero-order chi connectivity index (χ0) is 13.9. The van der Waals surface area contributed by atoms with E-state index in [0.29, 0.717) is 0 Å². The molecule has 0 aliphatic rings. The quantitative estimate of drug-likeness (QED) is 0.753. The van der Waals surface area contributed by atoms with Gasteiger partial charge in [0.15, 0.2) is 0 Å². The molecule has 20 heavy (non-hydrogen) atoms. The van der Waals surface area contributed by atoms with Crippen molar-refractivity contribution in [2.75, 3.05) is 5.32 Å². The number of aromatic nitrogens is 1. The van der Waals surface area contributed by atoms with Crippen molar-refractivity contribution in [3.8, 4) is 0 Å². The van der Waals surface area contributed by atoms with Crippen LogP contribution in [0.1, 0.15) is 16.7 Å². The summed E-state index contributed by atoms with van der Waals surface area (Å²) in [5.41, 5.74) is 6.09. The molecule has 0 amide bonds. The second kappa shape index (κ2) is 5.33. The Morgan fingerprint density at radius 3 is 2.65 bits per heavy atom. The molecule has 0 saturated heterocycles. The molecular weight excluding hydrogens is 244 g/mol. The van der Waals surface area contributed by atoms with Gasteiger partial charge in [-0.1, -0.05) is 30.3 Å². The molecule has 100 valence electrons. The van der Waals surface area contributed by atoms with Crippen LogP contribution in [0.25, 0.3) is 10.9 Å². The average molecular weight is 262 g/mol. The van der Waals surface area contributed by atoms with Crippen LogP contribution < -0.4 is 5.32 Å². The fraction of sp³-hybridized carbons (Fsp3) is 0.167. The van der Waals surface area contributed by atoms with Crippen molar-refractivity contribution in [3.05, 3.63) is 71.4 Å². The highest BCUT2D eigenvalue weighted by atomic mass is 14.9. The summed E-state index contributed by atoms with van der Waals surface area (Å²) in [7, 11) is 0. The zero-order valence-electron chi connectivity index (χ0n) is 11.9. The van der Waals surface area contributed by atoms with Crippen LogP contribution in [-0.4, -0.2) is 4.98 Å². The first-order valence-corrected chi connectivity index (χ1v) is 6.88. The first kappa shape index (κ1) is 12.7. The number of anilines is 1. The molecule has 0 radical (unpaired) electrons. The molecule has 3 rings (SSSR count). The topological polar surface area (TPSA) is 24.9 Å². The molecule has 0 unspecified atom stereocenters. The Bertz CT molecular complexity index is 742. The molecule has 0 fully saturated rings. The summed E-state index contributed by atoms with van der Waals surface area (Å²) in [5.74, 6) is 0. The van der Waals surface area contributed by atoms with Gasteiger partial charge in [-0.2, -0.15) is 0 Å². The molecule has 0 saturated carbocycles. The van der Waals surface area contributed by atoms with Crippen molar-refractivity contribution in [1.29, 1.82) is 0 Å². The Balaban J connectivity index is 1.85. The van der Waals surface area contributed by atoms with Gasteiger partial charge in [0.05, 0.1) is 5.52 Å². The van der Waals surface area contributed by atoms with Gasteiger partial charge in [-0.15, -0.1) is 0 Å². The number of fused-ring (bicyclic) bond motifs is 1. The Morgan fingerprint density at radius 1 is 0.950 bits per heavy atom. The molecular formula is C18H18N2. The molecule has 1 N–H and O–H groups in total. The number of aryl methyl sites for hydroxylation is 2. The van der Waals surface area contributed by atoms with Crippen molar-refractivity contribution < 1.29 is 0 Å². The summed E-state index contributed by atoms with van der Waals surface area (Å²) in [6, 6.07) is 16.9. The van der Waals surface area contributed by atoms with Crippen LogP contribution in [0.2, 0.25) is 0 Å². The van der Waals surface area contributed by atoms with Crippen molar-refractivity contribution in [3.63, 3.8) is 0 Å². The lowest BCUT2D eigenvalue weighted by Crippen LogP contribution is -2.01. The van der Waals surface area contributed by atoms with Gasteiger partial charge in [0.25, 0.3) is 0 Å². The molecule has 1 aromatic heterocycles. The fourth-order valence-corrected chi connectivity index (χ4v) is 2.36. The maximum absolute atomic E-state index is 4.49. The first-order valence-electron chi connectivity index (χ1n) is 6.88. The lowest BCUT2D eigenvalue weighted by Gasteiger charge is -2.10. The minimum absolute atomic E-state index is 0.789. The molecule has 2 aromatic carbocycles. The number of rotatable bonds is 3. The van der Waals surface area contributed by atoms with Gasteiger partial charge < -0.3 is 5.32 Å². The smallest absolute Gasteiger partial charge is 0.0751 e. The van der Waals surface area contributed by atoms with E-state index in [4.69, 9.17) is 0 Å². The predicted octanol–water partition coefficient (Wildman–Crippen LogP) is 4.46. The van der Waals surface area contributed by atoms with Gasteiger partial charge in [0.2, 0.25) is 0 Å². The molecule has 2 nitrogen and oxygen atoms in total. The molecule has 1 heterocycles. The van der Waals surface area contributed by atoms with E-state index >= 15 is 0 Å². The SMILES string of the molecule is Cc1ccc(NCc2cccc3cccnc23)cc1C. The van der Waals surface area contributed by atoms with Crippen LogP contribution in [0.5, 0.6) is 0 Å². The number of nitrogens with one attached hydrogen (secondary N) is 1. The summed E-state index contributed by atoms with van der Waals surface area (Å²) in [6.07, 6.45) is 1.85. The van der Waals surface area contributed by atoms with E-state index < -0.39 is 0 Å². The van der Waals surface area contributed by atoms with E-state index in [-0.39, 0.29) is 0 Å². The number of hydrogen-bond acceptors (Lipinski definition) is 2. The average Bonchev–Trinajstić information content (AvgIpc) is 2.48. The highest BCUT2D eigenvalue weighted by Crippen LogP contribution is 2.19. The molecule has 0 spiro atoms. The standard InChI is InChI=1S/C18H18N2/c1-13-8-9-17(11-14(13)2)20-12-16-6-3-5-15-7-4-10-19-18(15)16/h3-11,20H,12H2,1-2H3. The Hall–Kier alpha value is -2.35. The molecule has 0 bridgehead atoms. The summed E-state index contributed by atoms with van der Waals surface area (Å²) in [5, 5.41) is 4.67. The van der Waals surface area contributed by atoms with Crippen molar-refractivity contribution in [1.82, 2.24) is 4.98 Å². The second-order valence-corrected chi connectivity index (χ2v) is 5.14. The maximum Gasteiger partial charge on any atom is 0.0751 e. The number of para-hydroxylation sites is 1. The van der Waals surface area contributed by atoms with Crippen LogP contribution in [0.4, 0.5) is 5.69 Å². The van der Waals surface area contributed by atoms with Gasteiger partial charge in [-0.3, -0.25) is 4.98 Å². The first-order chi connectivity index (χ1) is 9.74. The largest absolute Gasteiger partial charge is 0.381 e. The number of hydrogen-bond donors (Lipinski definition) is 1. The van der Waals surface area contributed by atoms with Gasteiger partial charge in [0.1, 0.15) is 0 Å². The minimum atomic E-state index is 0.789. The minimum Gasteiger partial charge on any atom is -0.381 e. The van der Waals surface area contributed by atoms with Crippen LogP contribution >= 0.6 is 0 Å². The third kappa shape index (κ3) is 2.50. The van der Waals surface area contributed by atoms with E-state index in [9.17, 15) is 0 Å². The number of nitrogens with zero attached hydrogens (tertiary/aromatic N) is 1. The van der Waals surface area contributed by atoms with Gasteiger partial charge in [-0.05, 0) is 48.7 Å². The van der Waals surface area contributed by atoms with Crippen LogP contribution in [0.15, 0.2) is 54.7 Å². The summed E-state index contributed by atoms with van der Waals surface area (Å²) in [6.45, 7) is 5.06. The molecule has 0 atom stereocenters. The lowest BCUT2D eigenvalue weighted by atomic mass is 10.1. The van der Waals surface area contributed by atoms with E-state index in [1.165, 1.54) is 22.1 Å². The van der Waals surface area contributed by atoms with Crippen molar-refractivity contribution >= 4 is 16.6 Å². The highest BCUT2D eigenvalue weighted by Gasteiger charge is 2.02. The third-order valence-corrected chi connectivity index (χ3v) is 3.71. The highest BCUT2D eigenvalue weighted by molar-refractivity contribution is 5.81. The fourth-order valence-electron chi connectivity index (χ4n) is 2.36. The van der Waals surface area contributed by atoms with E-state index in [1.54, 1.807) is 0 Å². The maximum atomic E-state index is 4.49. The van der Waals surface area contributed by atoms with E-state index in [0.717, 1.165) is 17.7 Å². The Morgan fingerprint density at radius 2 is 1.80 bits per heavy atom. The Kier molecular flexibility index (Phi) is 3.38. The van der Waals surface area contributed by atoms with E-state index in [2.05, 4.69) is 66.6 Å². The summed E-state index contributed by atoms with van der Waals surface area (Å²) in [4.78, 5) is 4.49. The molecule has 2 heteroatoms. The summed E-state index contributed by atoms with van der Waals surface area (Å²) >= 11 is 0. The van der Waals surface area contributed by atoms with Crippen molar-refractivity contribution in [2.24, 2.45) is 0 Å². The van der Waals surface area contributed by atoms with Crippen LogP contribution in [0.3, 0.4) is 0 Å². The Labute approximate surface area is 119 Å². The third-order valence-electron chi connectivity index (χ3n) is 3.71. The number of pyridine rings is 1. The molecule has 3 aromatic rings. The van der Waals surface area contributed by atoms with Crippen molar-refractivity contribution in [2.45, 2.75) is 20.4 Å². The molecule has 0 aliphatic carbocycles. The summed E-state index contributed by atoms with van der Waals surface area (Å²) < 4.78 is 0. The zero-order valence-corrected chi connectivity index (χ0v) is 11.9. The monoisotopic (exact) mass is 262 g/mol. The molecule has 0 aliphatic heterocycles. The number of benzene rings is 2. The lowest BCUT2D eigenvalue weighted by molar-refractivity contribution is 1.15. The normalized spacial score (nSPS) is 10.7. The van der Waals surface area contributed by atoms with Gasteiger partial charge >= 0.3 is 0 Å².